The summed E-state index contributed by atoms with van der Waals surface area (Å²) in [4.78, 5) is 19.2. The second-order valence-electron chi connectivity index (χ2n) is 7.71. The van der Waals surface area contributed by atoms with Gasteiger partial charge in [0.2, 0.25) is 5.91 Å². The van der Waals surface area contributed by atoms with Crippen molar-refractivity contribution in [2.75, 3.05) is 19.0 Å². The number of halogens is 1. The lowest BCUT2D eigenvalue weighted by Crippen LogP contribution is -2.17. The van der Waals surface area contributed by atoms with Crippen molar-refractivity contribution in [3.8, 4) is 11.1 Å². The van der Waals surface area contributed by atoms with Gasteiger partial charge in [0, 0.05) is 46.6 Å². The lowest BCUT2D eigenvalue weighted by atomic mass is 10.0. The van der Waals surface area contributed by atoms with E-state index in [4.69, 9.17) is 15.9 Å². The van der Waals surface area contributed by atoms with Crippen LogP contribution in [0.3, 0.4) is 0 Å². The third kappa shape index (κ3) is 5.95. The molecule has 0 bridgehead atoms. The average Bonchev–Trinajstić information content (AvgIpc) is 3.26. The summed E-state index contributed by atoms with van der Waals surface area (Å²) in [6.07, 6.45) is 1.77. The minimum atomic E-state index is -0.304. The van der Waals surface area contributed by atoms with Crippen LogP contribution in [0.25, 0.3) is 22.0 Å². The van der Waals surface area contributed by atoms with E-state index in [1.807, 2.05) is 36.4 Å². The summed E-state index contributed by atoms with van der Waals surface area (Å²) < 4.78 is 19.2. The molecule has 3 aromatic carbocycles. The number of hydrogen-bond donors (Lipinski definition) is 4. The van der Waals surface area contributed by atoms with Crippen LogP contribution in [0.15, 0.2) is 77.9 Å². The van der Waals surface area contributed by atoms with E-state index in [9.17, 15) is 9.18 Å². The van der Waals surface area contributed by atoms with Gasteiger partial charge in [-0.3, -0.25) is 15.2 Å². The third-order valence-electron chi connectivity index (χ3n) is 5.22. The van der Waals surface area contributed by atoms with Crippen molar-refractivity contribution in [1.82, 2.24) is 4.98 Å². The first-order chi connectivity index (χ1) is 16.9. The zero-order chi connectivity index (χ0) is 24.8. The number of hydrogen-bond acceptors (Lipinski definition) is 5. The summed E-state index contributed by atoms with van der Waals surface area (Å²) >= 11 is 1.05. The fourth-order valence-corrected chi connectivity index (χ4v) is 4.19. The molecule has 1 heterocycles. The molecule has 0 saturated carbocycles. The Morgan fingerprint density at radius 3 is 2.77 bits per heavy atom. The van der Waals surface area contributed by atoms with Crippen LogP contribution < -0.4 is 11.1 Å². The second kappa shape index (κ2) is 11.0. The summed E-state index contributed by atoms with van der Waals surface area (Å²) in [5.41, 5.74) is 10.3. The fourth-order valence-electron chi connectivity index (χ4n) is 3.60. The van der Waals surface area contributed by atoms with Gasteiger partial charge in [0.25, 0.3) is 0 Å². The second-order valence-corrected chi connectivity index (χ2v) is 8.74. The molecule has 0 saturated heterocycles. The molecule has 0 atom stereocenters. The van der Waals surface area contributed by atoms with Crippen LogP contribution in [0.1, 0.15) is 11.1 Å². The molecular formula is C26H24FN5O2S. The number of nitrogens with two attached hydrogens (primary N) is 1. The Balaban J connectivity index is 1.46. The number of nitrogens with one attached hydrogen (secondary N) is 3. The van der Waals surface area contributed by atoms with E-state index in [-0.39, 0.29) is 28.5 Å². The number of fused-ring (bicyclic) bond motifs is 1. The Hall–Kier alpha value is -3.95. The molecule has 178 valence electrons. The molecule has 0 aliphatic heterocycles. The van der Waals surface area contributed by atoms with Crippen molar-refractivity contribution in [2.45, 2.75) is 6.54 Å². The molecule has 9 heteroatoms. The molecule has 4 rings (SSSR count). The first-order valence-electron chi connectivity index (χ1n) is 10.7. The highest BCUT2D eigenvalue weighted by molar-refractivity contribution is 8.26. The van der Waals surface area contributed by atoms with Gasteiger partial charge in [0.1, 0.15) is 17.5 Å². The van der Waals surface area contributed by atoms with E-state index in [1.54, 1.807) is 30.5 Å². The maximum absolute atomic E-state index is 14.3. The van der Waals surface area contributed by atoms with Crippen LogP contribution in [0.2, 0.25) is 0 Å². The summed E-state index contributed by atoms with van der Waals surface area (Å²) in [6, 6.07) is 19.4. The number of nitrogens with zero attached hydrogens (tertiary/aromatic N) is 1. The first kappa shape index (κ1) is 24.2. The maximum atomic E-state index is 14.3. The Kier molecular flexibility index (Phi) is 7.59. The van der Waals surface area contributed by atoms with Crippen molar-refractivity contribution in [2.24, 2.45) is 10.7 Å². The Morgan fingerprint density at radius 1 is 1.14 bits per heavy atom. The molecule has 1 aromatic heterocycles. The number of amidine groups is 1. The topological polar surface area (TPSA) is 116 Å². The summed E-state index contributed by atoms with van der Waals surface area (Å²) in [6.45, 7) is 0.277. The van der Waals surface area contributed by atoms with Crippen molar-refractivity contribution < 1.29 is 13.9 Å². The van der Waals surface area contributed by atoms with E-state index in [0.717, 1.165) is 33.8 Å². The number of aliphatic imine (C=N–C) groups is 1. The molecule has 0 radical (unpaired) electrons. The molecule has 0 aliphatic rings. The number of methoxy groups -OCH3 is 1. The number of carbonyl (C=O) groups is 1. The molecule has 7 nitrogen and oxygen atoms in total. The summed E-state index contributed by atoms with van der Waals surface area (Å²) in [5, 5.41) is 12.5. The van der Waals surface area contributed by atoms with Crippen LogP contribution in [0, 0.1) is 11.2 Å². The maximum Gasteiger partial charge on any atom is 0.250 e. The Labute approximate surface area is 206 Å². The monoisotopic (exact) mass is 489 g/mol. The molecule has 35 heavy (non-hydrogen) atoms. The smallest absolute Gasteiger partial charge is 0.250 e. The van der Waals surface area contributed by atoms with Crippen LogP contribution >= 0.6 is 11.8 Å². The zero-order valence-corrected chi connectivity index (χ0v) is 19.8. The standard InChI is InChI=1S/C26H24FN5O2S/c1-34-15-24(33)32-18-6-4-5-16(11-18)13-31-26(29)35-25(28)17-9-10-23-20(12-17)21(14-30-23)19-7-2-3-8-22(19)27/h2-12,14,28,30H,13,15H2,1H3,(H2,29,31)(H,32,33). The number of aromatic amines is 1. The van der Waals surface area contributed by atoms with Gasteiger partial charge in [-0.25, -0.2) is 4.39 Å². The molecular weight excluding hydrogens is 465 g/mol. The van der Waals surface area contributed by atoms with E-state index in [2.05, 4.69) is 15.3 Å². The lowest BCUT2D eigenvalue weighted by Gasteiger charge is -2.07. The highest BCUT2D eigenvalue weighted by Gasteiger charge is 2.13. The molecule has 0 fully saturated rings. The Bertz CT molecular complexity index is 1420. The van der Waals surface area contributed by atoms with Gasteiger partial charge in [-0.05, 0) is 47.7 Å². The van der Waals surface area contributed by atoms with Gasteiger partial charge in [-0.2, -0.15) is 0 Å². The number of benzene rings is 3. The number of thioether (sulfide) groups is 1. The fraction of sp³-hybridized carbons (Fsp3) is 0.115. The van der Waals surface area contributed by atoms with Gasteiger partial charge in [0.05, 0.1) is 6.54 Å². The zero-order valence-electron chi connectivity index (χ0n) is 19.0. The first-order valence-corrected chi connectivity index (χ1v) is 11.6. The SMILES string of the molecule is COCC(=O)Nc1cccc(CN=C(N)SC(=N)c2ccc3[nH]cc(-c4ccccc4F)c3c2)c1. The minimum Gasteiger partial charge on any atom is -0.378 e. The van der Waals surface area contributed by atoms with E-state index in [0.29, 0.717) is 23.4 Å². The summed E-state index contributed by atoms with van der Waals surface area (Å²) in [5.74, 6) is -0.545. The van der Waals surface area contributed by atoms with Gasteiger partial charge in [0.15, 0.2) is 5.17 Å². The third-order valence-corrected chi connectivity index (χ3v) is 6.00. The number of rotatable bonds is 7. The van der Waals surface area contributed by atoms with E-state index in [1.165, 1.54) is 13.2 Å². The highest BCUT2D eigenvalue weighted by atomic mass is 32.2. The van der Waals surface area contributed by atoms with Crippen molar-refractivity contribution >= 4 is 44.5 Å². The van der Waals surface area contributed by atoms with Crippen LogP contribution in [0.4, 0.5) is 10.1 Å². The van der Waals surface area contributed by atoms with Gasteiger partial charge in [-0.1, -0.05) is 36.4 Å². The van der Waals surface area contributed by atoms with Crippen LogP contribution in [-0.4, -0.2) is 34.8 Å². The van der Waals surface area contributed by atoms with Crippen LogP contribution in [-0.2, 0) is 16.1 Å². The lowest BCUT2D eigenvalue weighted by molar-refractivity contribution is -0.119. The summed E-state index contributed by atoms with van der Waals surface area (Å²) in [7, 11) is 1.46. The van der Waals surface area contributed by atoms with Crippen molar-refractivity contribution in [3.63, 3.8) is 0 Å². The normalized spacial score (nSPS) is 11.5. The van der Waals surface area contributed by atoms with Gasteiger partial charge >= 0.3 is 0 Å². The quantitative estimate of drug-likeness (QED) is 0.213. The number of carbonyl (C=O) groups excluding carboxylic acids is 1. The predicted octanol–water partition coefficient (Wildman–Crippen LogP) is 5.13. The minimum absolute atomic E-state index is 0.0234. The van der Waals surface area contributed by atoms with Gasteiger partial charge < -0.3 is 20.8 Å². The van der Waals surface area contributed by atoms with Gasteiger partial charge in [-0.15, -0.1) is 0 Å². The van der Waals surface area contributed by atoms with Crippen LogP contribution in [0.5, 0.6) is 0 Å². The highest BCUT2D eigenvalue weighted by Crippen LogP contribution is 2.31. The number of amides is 1. The average molecular weight is 490 g/mol. The predicted molar refractivity (Wildman–Crippen MR) is 140 cm³/mol. The van der Waals surface area contributed by atoms with E-state index >= 15 is 0 Å². The van der Waals surface area contributed by atoms with Crippen molar-refractivity contribution in [1.29, 1.82) is 5.41 Å². The molecule has 0 unspecified atom stereocenters. The molecule has 0 aliphatic carbocycles. The van der Waals surface area contributed by atoms with E-state index < -0.39 is 0 Å². The number of ether oxygens (including phenoxy) is 1. The number of anilines is 1. The van der Waals surface area contributed by atoms with Crippen molar-refractivity contribution in [3.05, 3.63) is 89.9 Å². The molecule has 4 aromatic rings. The molecule has 0 spiro atoms. The largest absolute Gasteiger partial charge is 0.378 e. The molecule has 5 N–H and O–H groups in total. The number of aromatic nitrogens is 1. The Morgan fingerprint density at radius 2 is 1.97 bits per heavy atom. The number of H-pyrrole nitrogens is 1. The molecule has 1 amide bonds.